The topological polar surface area (TPSA) is 89.3 Å². The summed E-state index contributed by atoms with van der Waals surface area (Å²) in [6, 6.07) is 7.21. The van der Waals surface area contributed by atoms with Crippen LogP contribution in [0.4, 0.5) is 0 Å². The van der Waals surface area contributed by atoms with Gasteiger partial charge in [0.15, 0.2) is 0 Å². The van der Waals surface area contributed by atoms with Crippen LogP contribution in [-0.4, -0.2) is 42.8 Å². The quantitative estimate of drug-likeness (QED) is 0.718. The van der Waals surface area contributed by atoms with Gasteiger partial charge in [0.1, 0.15) is 5.75 Å². The summed E-state index contributed by atoms with van der Waals surface area (Å²) in [5.74, 6) is 0.640. The van der Waals surface area contributed by atoms with Crippen LogP contribution in [0.15, 0.2) is 28.8 Å². The number of benzene rings is 1. The Kier molecular flexibility index (Phi) is 5.91. The lowest BCUT2D eigenvalue weighted by molar-refractivity contribution is 0.0940. The number of hydrogen-bond acceptors (Lipinski definition) is 6. The Bertz CT molecular complexity index is 612. The molecule has 1 aromatic heterocycles. The molecule has 22 heavy (non-hydrogen) atoms. The number of carbonyl (C=O) groups excluding carboxylic acids is 1. The third kappa shape index (κ3) is 4.29. The van der Waals surface area contributed by atoms with Crippen molar-refractivity contribution in [3.63, 3.8) is 0 Å². The molecule has 1 heterocycles. The van der Waals surface area contributed by atoms with Gasteiger partial charge in [0.25, 0.3) is 17.6 Å². The maximum Gasteiger partial charge on any atom is 0.292 e. The van der Waals surface area contributed by atoms with Crippen molar-refractivity contribution in [3.8, 4) is 17.2 Å². The molecule has 0 aliphatic heterocycles. The van der Waals surface area contributed by atoms with Gasteiger partial charge in [0.05, 0.1) is 7.11 Å². The zero-order valence-electron chi connectivity index (χ0n) is 12.8. The molecule has 7 heteroatoms. The molecule has 0 fully saturated rings. The van der Waals surface area contributed by atoms with Crippen molar-refractivity contribution in [2.24, 2.45) is 0 Å². The molecule has 2 rings (SSSR count). The number of nitrogens with one attached hydrogen (secondary N) is 2. The van der Waals surface area contributed by atoms with E-state index in [1.165, 1.54) is 0 Å². The Balaban J connectivity index is 1.94. The van der Waals surface area contributed by atoms with Crippen molar-refractivity contribution in [2.75, 3.05) is 26.7 Å². The van der Waals surface area contributed by atoms with E-state index in [1.54, 1.807) is 13.2 Å². The molecule has 2 N–H and O–H groups in total. The predicted molar refractivity (Wildman–Crippen MR) is 81.8 cm³/mol. The molecule has 0 unspecified atom stereocenters. The highest BCUT2D eigenvalue weighted by molar-refractivity contribution is 5.90. The Hall–Kier alpha value is -2.41. The van der Waals surface area contributed by atoms with E-state index in [-0.39, 0.29) is 17.6 Å². The number of aromatic nitrogens is 2. The average Bonchev–Trinajstić information content (AvgIpc) is 3.04. The van der Waals surface area contributed by atoms with Crippen LogP contribution in [0.1, 0.15) is 24.0 Å². The summed E-state index contributed by atoms with van der Waals surface area (Å²) in [6.45, 7) is 4.24. The Labute approximate surface area is 129 Å². The summed E-state index contributed by atoms with van der Waals surface area (Å²) in [5, 5.41) is 9.63. The summed E-state index contributed by atoms with van der Waals surface area (Å²) in [7, 11) is 1.58. The second kappa shape index (κ2) is 8.14. The molecule has 0 radical (unpaired) electrons. The van der Waals surface area contributed by atoms with Crippen molar-refractivity contribution in [1.29, 1.82) is 0 Å². The van der Waals surface area contributed by atoms with Gasteiger partial charge >= 0.3 is 0 Å². The summed E-state index contributed by atoms with van der Waals surface area (Å²) < 4.78 is 10.3. The van der Waals surface area contributed by atoms with E-state index in [4.69, 9.17) is 9.26 Å². The molecule has 0 aliphatic rings. The average molecular weight is 304 g/mol. The molecule has 118 valence electrons. The lowest BCUT2D eigenvalue weighted by atomic mass is 10.2. The van der Waals surface area contributed by atoms with E-state index in [9.17, 15) is 4.79 Å². The van der Waals surface area contributed by atoms with Crippen LogP contribution in [0.5, 0.6) is 5.75 Å². The van der Waals surface area contributed by atoms with Gasteiger partial charge in [0, 0.05) is 18.7 Å². The van der Waals surface area contributed by atoms with E-state index in [0.717, 1.165) is 13.0 Å². The van der Waals surface area contributed by atoms with Gasteiger partial charge in [-0.25, -0.2) is 0 Å². The second-order valence-electron chi connectivity index (χ2n) is 4.66. The highest BCUT2D eigenvalue weighted by atomic mass is 16.5. The van der Waals surface area contributed by atoms with Crippen molar-refractivity contribution >= 4 is 5.91 Å². The standard InChI is InChI=1S/C15H20N4O3/c1-3-7-16-8-9-17-14(20)13-18-15(22-19-13)11-5-4-6-12(10-11)21-2/h4-6,10,16H,3,7-9H2,1-2H3,(H,17,20). The van der Waals surface area contributed by atoms with Crippen LogP contribution >= 0.6 is 0 Å². The van der Waals surface area contributed by atoms with E-state index < -0.39 is 0 Å². The molecule has 0 spiro atoms. The van der Waals surface area contributed by atoms with Crippen LogP contribution < -0.4 is 15.4 Å². The molecular weight excluding hydrogens is 284 g/mol. The van der Waals surface area contributed by atoms with Crippen LogP contribution in [0, 0.1) is 0 Å². The number of carbonyl (C=O) groups is 1. The number of hydrogen-bond donors (Lipinski definition) is 2. The summed E-state index contributed by atoms with van der Waals surface area (Å²) in [6.07, 6.45) is 1.06. The number of rotatable bonds is 8. The van der Waals surface area contributed by atoms with Crippen molar-refractivity contribution < 1.29 is 14.1 Å². The highest BCUT2D eigenvalue weighted by Crippen LogP contribution is 2.21. The van der Waals surface area contributed by atoms with E-state index in [2.05, 4.69) is 27.7 Å². The number of nitrogens with zero attached hydrogens (tertiary/aromatic N) is 2. The van der Waals surface area contributed by atoms with Gasteiger partial charge < -0.3 is 19.9 Å². The van der Waals surface area contributed by atoms with Crippen LogP contribution in [-0.2, 0) is 0 Å². The highest BCUT2D eigenvalue weighted by Gasteiger charge is 2.15. The SMILES string of the molecule is CCCNCCNC(=O)c1noc(-c2cccc(OC)c2)n1. The summed E-state index contributed by atoms with van der Waals surface area (Å²) >= 11 is 0. The third-order valence-corrected chi connectivity index (χ3v) is 2.96. The number of methoxy groups -OCH3 is 1. The molecule has 1 amide bonds. The lowest BCUT2D eigenvalue weighted by Crippen LogP contribution is -2.32. The number of ether oxygens (including phenoxy) is 1. The first kappa shape index (κ1) is 16.0. The van der Waals surface area contributed by atoms with Crippen molar-refractivity contribution in [3.05, 3.63) is 30.1 Å². The minimum absolute atomic E-state index is 0.0216. The number of amides is 1. The summed E-state index contributed by atoms with van der Waals surface area (Å²) in [5.41, 5.74) is 0.704. The monoisotopic (exact) mass is 304 g/mol. The van der Waals surface area contributed by atoms with Crippen LogP contribution in [0.25, 0.3) is 11.5 Å². The Morgan fingerprint density at radius 3 is 2.95 bits per heavy atom. The fourth-order valence-electron chi connectivity index (χ4n) is 1.83. The fraction of sp³-hybridized carbons (Fsp3) is 0.400. The lowest BCUT2D eigenvalue weighted by Gasteiger charge is -2.03. The minimum Gasteiger partial charge on any atom is -0.497 e. The molecule has 1 aromatic carbocycles. The molecule has 7 nitrogen and oxygen atoms in total. The molecule has 2 aromatic rings. The smallest absolute Gasteiger partial charge is 0.292 e. The third-order valence-electron chi connectivity index (χ3n) is 2.96. The van der Waals surface area contributed by atoms with Gasteiger partial charge in [0.2, 0.25) is 0 Å². The Morgan fingerprint density at radius 1 is 1.32 bits per heavy atom. The first-order valence-corrected chi connectivity index (χ1v) is 7.21. The van der Waals surface area contributed by atoms with Gasteiger partial charge in [-0.2, -0.15) is 4.98 Å². The van der Waals surface area contributed by atoms with Crippen LogP contribution in [0.3, 0.4) is 0 Å². The van der Waals surface area contributed by atoms with Crippen LogP contribution in [0.2, 0.25) is 0 Å². The first-order chi connectivity index (χ1) is 10.7. The van der Waals surface area contributed by atoms with E-state index >= 15 is 0 Å². The maximum atomic E-state index is 11.9. The van der Waals surface area contributed by atoms with Gasteiger partial charge in [-0.1, -0.05) is 18.1 Å². The van der Waals surface area contributed by atoms with Gasteiger partial charge in [-0.3, -0.25) is 4.79 Å². The maximum absolute atomic E-state index is 11.9. The molecule has 0 bridgehead atoms. The normalized spacial score (nSPS) is 10.5. The predicted octanol–water partition coefficient (Wildman–Crippen LogP) is 1.47. The molecule has 0 saturated carbocycles. The zero-order chi connectivity index (χ0) is 15.8. The molecule has 0 atom stereocenters. The summed E-state index contributed by atoms with van der Waals surface area (Å²) in [4.78, 5) is 16.0. The zero-order valence-corrected chi connectivity index (χ0v) is 12.8. The minimum atomic E-state index is -0.351. The van der Waals surface area contributed by atoms with Gasteiger partial charge in [-0.05, 0) is 31.2 Å². The van der Waals surface area contributed by atoms with Crippen molar-refractivity contribution in [1.82, 2.24) is 20.8 Å². The fourth-order valence-corrected chi connectivity index (χ4v) is 1.83. The molecular formula is C15H20N4O3. The Morgan fingerprint density at radius 2 is 2.18 bits per heavy atom. The molecule has 0 saturated heterocycles. The van der Waals surface area contributed by atoms with E-state index in [1.807, 2.05) is 18.2 Å². The van der Waals surface area contributed by atoms with Gasteiger partial charge in [-0.15, -0.1) is 0 Å². The largest absolute Gasteiger partial charge is 0.497 e. The molecule has 0 aliphatic carbocycles. The second-order valence-corrected chi connectivity index (χ2v) is 4.66. The van der Waals surface area contributed by atoms with Crippen molar-refractivity contribution in [2.45, 2.75) is 13.3 Å². The first-order valence-electron chi connectivity index (χ1n) is 7.21. The van der Waals surface area contributed by atoms with E-state index in [0.29, 0.717) is 24.4 Å².